The molecule has 0 unspecified atom stereocenters. The first-order valence-electron chi connectivity index (χ1n) is 7.37. The van der Waals surface area contributed by atoms with Crippen LogP contribution in [0, 0.1) is 5.92 Å². The van der Waals surface area contributed by atoms with Crippen LogP contribution in [0.3, 0.4) is 0 Å². The highest BCUT2D eigenvalue weighted by atomic mass is 32.2. The first kappa shape index (κ1) is 15.3. The van der Waals surface area contributed by atoms with Gasteiger partial charge in [0.2, 0.25) is 10.0 Å². The van der Waals surface area contributed by atoms with Crippen LogP contribution in [0.1, 0.15) is 44.1 Å². The fourth-order valence-corrected chi connectivity index (χ4v) is 4.02. The smallest absolute Gasteiger partial charge is 0.215 e. The number of benzene rings is 1. The molecular weight excluding hydrogens is 272 g/mol. The molecule has 1 aliphatic carbocycles. The summed E-state index contributed by atoms with van der Waals surface area (Å²) in [7, 11) is -3.29. The monoisotopic (exact) mass is 296 g/mol. The molecule has 0 heterocycles. The maximum absolute atomic E-state index is 12.0. The molecule has 0 bridgehead atoms. The van der Waals surface area contributed by atoms with Crippen molar-refractivity contribution in [1.29, 1.82) is 0 Å². The number of nitrogens with two attached hydrogens (primary N) is 1. The molecule has 0 atom stereocenters. The number of hydrogen-bond donors (Lipinski definition) is 2. The topological polar surface area (TPSA) is 72.2 Å². The number of para-hydroxylation sites is 1. The number of hydrogen-bond acceptors (Lipinski definition) is 3. The highest BCUT2D eigenvalue weighted by Crippen LogP contribution is 2.25. The fraction of sp³-hybridized carbons (Fsp3) is 0.600. The normalized spacial score (nSPS) is 17.2. The second-order valence-electron chi connectivity index (χ2n) is 5.64. The van der Waals surface area contributed by atoms with Gasteiger partial charge in [0.15, 0.2) is 0 Å². The summed E-state index contributed by atoms with van der Waals surface area (Å²) in [6.45, 7) is 0.541. The lowest BCUT2D eigenvalue weighted by Crippen LogP contribution is -2.28. The molecule has 0 saturated heterocycles. The molecule has 1 saturated carbocycles. The van der Waals surface area contributed by atoms with Crippen molar-refractivity contribution >= 4 is 15.7 Å². The van der Waals surface area contributed by atoms with E-state index in [9.17, 15) is 8.42 Å². The van der Waals surface area contributed by atoms with E-state index < -0.39 is 10.0 Å². The maximum atomic E-state index is 12.0. The number of nitrogens with one attached hydrogen (secondary N) is 1. The van der Waals surface area contributed by atoms with Crippen LogP contribution in [0.15, 0.2) is 24.3 Å². The molecule has 2 rings (SSSR count). The molecule has 112 valence electrons. The van der Waals surface area contributed by atoms with Crippen molar-refractivity contribution in [1.82, 2.24) is 4.72 Å². The Morgan fingerprint density at radius 1 is 1.15 bits per heavy atom. The SMILES string of the molecule is Nc1ccccc1CS(=O)(=O)NCCC1CCCCC1. The highest BCUT2D eigenvalue weighted by molar-refractivity contribution is 7.88. The van der Waals surface area contributed by atoms with Gasteiger partial charge in [-0.2, -0.15) is 0 Å². The molecule has 0 amide bonds. The molecule has 1 aliphatic rings. The Morgan fingerprint density at radius 2 is 1.85 bits per heavy atom. The molecule has 5 heteroatoms. The highest BCUT2D eigenvalue weighted by Gasteiger charge is 2.16. The van der Waals surface area contributed by atoms with E-state index in [-0.39, 0.29) is 5.75 Å². The number of anilines is 1. The predicted octanol–water partition coefficient (Wildman–Crippen LogP) is 2.66. The van der Waals surface area contributed by atoms with Crippen LogP contribution in [0.4, 0.5) is 5.69 Å². The zero-order chi connectivity index (χ0) is 14.4. The van der Waals surface area contributed by atoms with E-state index in [1.807, 2.05) is 12.1 Å². The molecule has 4 nitrogen and oxygen atoms in total. The largest absolute Gasteiger partial charge is 0.398 e. The Kier molecular flexibility index (Phi) is 5.43. The summed E-state index contributed by atoms with van der Waals surface area (Å²) in [5.41, 5.74) is 6.98. The van der Waals surface area contributed by atoms with E-state index in [1.165, 1.54) is 32.1 Å². The van der Waals surface area contributed by atoms with Crippen LogP contribution in [0.2, 0.25) is 0 Å². The average Bonchev–Trinajstić information content (AvgIpc) is 2.42. The Bertz CT molecular complexity index is 522. The minimum atomic E-state index is -3.29. The summed E-state index contributed by atoms with van der Waals surface area (Å²) in [6.07, 6.45) is 7.34. The van der Waals surface area contributed by atoms with Crippen molar-refractivity contribution in [2.24, 2.45) is 5.92 Å². The van der Waals surface area contributed by atoms with Crippen LogP contribution in [-0.2, 0) is 15.8 Å². The molecule has 0 radical (unpaired) electrons. The third kappa shape index (κ3) is 4.80. The Morgan fingerprint density at radius 3 is 2.55 bits per heavy atom. The lowest BCUT2D eigenvalue weighted by Gasteiger charge is -2.21. The molecule has 1 aromatic rings. The zero-order valence-corrected chi connectivity index (χ0v) is 12.7. The van der Waals surface area contributed by atoms with Gasteiger partial charge >= 0.3 is 0 Å². The Balaban J connectivity index is 1.80. The standard InChI is InChI=1S/C15H24N2O2S/c16-15-9-5-4-8-14(15)12-20(18,19)17-11-10-13-6-2-1-3-7-13/h4-5,8-9,13,17H,1-3,6-7,10-12,16H2. The number of nitrogen functional groups attached to an aromatic ring is 1. The maximum Gasteiger partial charge on any atom is 0.215 e. The van der Waals surface area contributed by atoms with E-state index in [0.29, 0.717) is 23.7 Å². The molecule has 3 N–H and O–H groups in total. The second kappa shape index (κ2) is 7.09. The van der Waals surface area contributed by atoms with Gasteiger partial charge in [-0.25, -0.2) is 13.1 Å². The van der Waals surface area contributed by atoms with Gasteiger partial charge in [-0.3, -0.25) is 0 Å². The summed E-state index contributed by atoms with van der Waals surface area (Å²) in [6, 6.07) is 7.10. The second-order valence-corrected chi connectivity index (χ2v) is 7.45. The van der Waals surface area contributed by atoms with E-state index in [0.717, 1.165) is 6.42 Å². The molecular formula is C15H24N2O2S. The van der Waals surface area contributed by atoms with Gasteiger partial charge in [0, 0.05) is 12.2 Å². The Labute approximate surface area is 121 Å². The van der Waals surface area contributed by atoms with Gasteiger partial charge in [0.05, 0.1) is 5.75 Å². The van der Waals surface area contributed by atoms with Crippen LogP contribution in [0.5, 0.6) is 0 Å². The van der Waals surface area contributed by atoms with Crippen LogP contribution < -0.4 is 10.5 Å². The summed E-state index contributed by atoms with van der Waals surface area (Å²) < 4.78 is 26.8. The molecule has 0 aliphatic heterocycles. The van der Waals surface area contributed by atoms with Crippen molar-refractivity contribution in [3.8, 4) is 0 Å². The molecule has 1 fully saturated rings. The van der Waals surface area contributed by atoms with Crippen LogP contribution >= 0.6 is 0 Å². The average molecular weight is 296 g/mol. The van der Waals surface area contributed by atoms with Crippen molar-refractivity contribution in [2.75, 3.05) is 12.3 Å². The van der Waals surface area contributed by atoms with Gasteiger partial charge in [0.1, 0.15) is 0 Å². The van der Waals surface area contributed by atoms with Crippen molar-refractivity contribution < 1.29 is 8.42 Å². The first-order chi connectivity index (χ1) is 9.57. The van der Waals surface area contributed by atoms with Gasteiger partial charge in [-0.05, 0) is 24.0 Å². The first-order valence-corrected chi connectivity index (χ1v) is 9.03. The fourth-order valence-electron chi connectivity index (χ4n) is 2.82. The molecule has 1 aromatic carbocycles. The van der Waals surface area contributed by atoms with Gasteiger partial charge in [-0.15, -0.1) is 0 Å². The minimum absolute atomic E-state index is 0.0374. The van der Waals surface area contributed by atoms with E-state index >= 15 is 0 Å². The van der Waals surface area contributed by atoms with E-state index in [4.69, 9.17) is 5.73 Å². The van der Waals surface area contributed by atoms with Crippen molar-refractivity contribution in [3.63, 3.8) is 0 Å². The third-order valence-electron chi connectivity index (χ3n) is 4.00. The summed E-state index contributed by atoms with van der Waals surface area (Å²) >= 11 is 0. The van der Waals surface area contributed by atoms with Gasteiger partial charge < -0.3 is 5.73 Å². The van der Waals surface area contributed by atoms with Crippen molar-refractivity contribution in [3.05, 3.63) is 29.8 Å². The molecule has 20 heavy (non-hydrogen) atoms. The van der Waals surface area contributed by atoms with Crippen LogP contribution in [-0.4, -0.2) is 15.0 Å². The molecule has 0 spiro atoms. The number of rotatable bonds is 6. The zero-order valence-electron chi connectivity index (χ0n) is 11.8. The summed E-state index contributed by atoms with van der Waals surface area (Å²) in [5, 5.41) is 0. The lowest BCUT2D eigenvalue weighted by molar-refractivity contribution is 0.339. The van der Waals surface area contributed by atoms with Gasteiger partial charge in [0.25, 0.3) is 0 Å². The quantitative estimate of drug-likeness (QED) is 0.793. The predicted molar refractivity (Wildman–Crippen MR) is 82.7 cm³/mol. The van der Waals surface area contributed by atoms with E-state index in [1.54, 1.807) is 12.1 Å². The Hall–Kier alpha value is -1.07. The van der Waals surface area contributed by atoms with E-state index in [2.05, 4.69) is 4.72 Å². The number of sulfonamides is 1. The third-order valence-corrected chi connectivity index (χ3v) is 5.33. The molecule has 0 aromatic heterocycles. The van der Waals surface area contributed by atoms with Gasteiger partial charge in [-0.1, -0.05) is 50.3 Å². The van der Waals surface area contributed by atoms with Crippen molar-refractivity contribution in [2.45, 2.75) is 44.3 Å². The summed E-state index contributed by atoms with van der Waals surface area (Å²) in [5.74, 6) is 0.651. The minimum Gasteiger partial charge on any atom is -0.398 e. The lowest BCUT2D eigenvalue weighted by atomic mass is 9.87. The summed E-state index contributed by atoms with van der Waals surface area (Å²) in [4.78, 5) is 0. The van der Waals surface area contributed by atoms with Crippen LogP contribution in [0.25, 0.3) is 0 Å².